The second-order valence-electron chi connectivity index (χ2n) is 7.66. The lowest BCUT2D eigenvalue weighted by Crippen LogP contribution is -2.36. The first kappa shape index (κ1) is 21.7. The third-order valence-electron chi connectivity index (χ3n) is 5.15. The lowest BCUT2D eigenvalue weighted by Gasteiger charge is -2.22. The SMILES string of the molecule is CCCOc1ccc(NC(=O)CNc2ccc(C(=O)NC3CCCCC3)cc2)cc1. The zero-order chi connectivity index (χ0) is 21.2. The minimum Gasteiger partial charge on any atom is -0.494 e. The molecule has 0 saturated heterocycles. The van der Waals surface area contributed by atoms with E-state index in [9.17, 15) is 9.59 Å². The van der Waals surface area contributed by atoms with Crippen LogP contribution in [0.5, 0.6) is 5.75 Å². The number of ether oxygens (including phenoxy) is 1. The molecule has 0 atom stereocenters. The normalized spacial score (nSPS) is 14.0. The Balaban J connectivity index is 1.42. The quantitative estimate of drug-likeness (QED) is 0.566. The van der Waals surface area contributed by atoms with Gasteiger partial charge in [-0.2, -0.15) is 0 Å². The van der Waals surface area contributed by atoms with Gasteiger partial charge in [0.05, 0.1) is 13.2 Å². The molecule has 0 unspecified atom stereocenters. The van der Waals surface area contributed by atoms with Gasteiger partial charge in [0.15, 0.2) is 0 Å². The number of benzene rings is 2. The first-order chi connectivity index (χ1) is 14.6. The minimum absolute atomic E-state index is 0.0300. The number of carbonyl (C=O) groups is 2. The van der Waals surface area contributed by atoms with Crippen molar-refractivity contribution in [3.05, 3.63) is 54.1 Å². The summed E-state index contributed by atoms with van der Waals surface area (Å²) in [5, 5.41) is 9.05. The van der Waals surface area contributed by atoms with E-state index in [4.69, 9.17) is 4.74 Å². The first-order valence-corrected chi connectivity index (χ1v) is 10.8. The van der Waals surface area contributed by atoms with Crippen LogP contribution in [0.1, 0.15) is 55.8 Å². The molecule has 2 aromatic rings. The standard InChI is InChI=1S/C24H31N3O3/c1-2-16-30-22-14-12-21(13-15-22)26-23(28)17-25-19-10-8-18(9-11-19)24(29)27-20-6-4-3-5-7-20/h8-15,20,25H,2-7,16-17H2,1H3,(H,26,28)(H,27,29). The number of anilines is 2. The molecule has 0 bridgehead atoms. The summed E-state index contributed by atoms with van der Waals surface area (Å²) in [5.74, 6) is 0.620. The van der Waals surface area contributed by atoms with Gasteiger partial charge in [-0.3, -0.25) is 9.59 Å². The zero-order valence-corrected chi connectivity index (χ0v) is 17.6. The summed E-state index contributed by atoms with van der Waals surface area (Å²) in [6.07, 6.45) is 6.72. The van der Waals surface area contributed by atoms with Gasteiger partial charge in [0.25, 0.3) is 5.91 Å². The Labute approximate surface area is 178 Å². The topological polar surface area (TPSA) is 79.5 Å². The Kier molecular flexibility index (Phi) is 8.12. The van der Waals surface area contributed by atoms with Crippen molar-refractivity contribution < 1.29 is 14.3 Å². The van der Waals surface area contributed by atoms with Crippen LogP contribution >= 0.6 is 0 Å². The number of hydrogen-bond acceptors (Lipinski definition) is 4. The maximum Gasteiger partial charge on any atom is 0.251 e. The fourth-order valence-electron chi connectivity index (χ4n) is 3.50. The highest BCUT2D eigenvalue weighted by Crippen LogP contribution is 2.18. The number of rotatable bonds is 9. The van der Waals surface area contributed by atoms with E-state index in [1.165, 1.54) is 19.3 Å². The van der Waals surface area contributed by atoms with E-state index in [1.807, 2.05) is 36.4 Å². The van der Waals surface area contributed by atoms with Gasteiger partial charge in [0.1, 0.15) is 5.75 Å². The van der Waals surface area contributed by atoms with Gasteiger partial charge >= 0.3 is 0 Å². The van der Waals surface area contributed by atoms with Gasteiger partial charge in [0.2, 0.25) is 5.91 Å². The molecule has 0 heterocycles. The molecule has 0 aromatic heterocycles. The molecular formula is C24H31N3O3. The van der Waals surface area contributed by atoms with Crippen LogP contribution in [0.4, 0.5) is 11.4 Å². The zero-order valence-electron chi connectivity index (χ0n) is 17.6. The molecular weight excluding hydrogens is 378 g/mol. The average Bonchev–Trinajstić information content (AvgIpc) is 2.78. The summed E-state index contributed by atoms with van der Waals surface area (Å²) in [5.41, 5.74) is 2.16. The van der Waals surface area contributed by atoms with Crippen molar-refractivity contribution in [3.63, 3.8) is 0 Å². The van der Waals surface area contributed by atoms with E-state index < -0.39 is 0 Å². The number of nitrogens with one attached hydrogen (secondary N) is 3. The molecule has 0 spiro atoms. The van der Waals surface area contributed by atoms with Crippen LogP contribution in [0.25, 0.3) is 0 Å². The number of amides is 2. The molecule has 1 saturated carbocycles. The van der Waals surface area contributed by atoms with Crippen molar-refractivity contribution in [2.75, 3.05) is 23.8 Å². The van der Waals surface area contributed by atoms with Gasteiger partial charge in [-0.05, 0) is 67.8 Å². The van der Waals surface area contributed by atoms with E-state index in [-0.39, 0.29) is 18.4 Å². The van der Waals surface area contributed by atoms with Crippen LogP contribution in [-0.2, 0) is 4.79 Å². The van der Waals surface area contributed by atoms with Gasteiger partial charge in [0, 0.05) is 23.0 Å². The second-order valence-corrected chi connectivity index (χ2v) is 7.66. The molecule has 2 aromatic carbocycles. The molecule has 6 heteroatoms. The predicted molar refractivity (Wildman–Crippen MR) is 120 cm³/mol. The Bertz CT molecular complexity index is 813. The van der Waals surface area contributed by atoms with E-state index in [0.717, 1.165) is 36.4 Å². The Morgan fingerprint density at radius 2 is 1.60 bits per heavy atom. The van der Waals surface area contributed by atoms with Gasteiger partial charge in [-0.25, -0.2) is 0 Å². The van der Waals surface area contributed by atoms with Crippen LogP contribution in [0.2, 0.25) is 0 Å². The van der Waals surface area contributed by atoms with Crippen molar-refractivity contribution in [3.8, 4) is 5.75 Å². The maximum absolute atomic E-state index is 12.4. The van der Waals surface area contributed by atoms with Crippen LogP contribution in [0.3, 0.4) is 0 Å². The lowest BCUT2D eigenvalue weighted by molar-refractivity contribution is -0.114. The van der Waals surface area contributed by atoms with E-state index in [2.05, 4.69) is 22.9 Å². The van der Waals surface area contributed by atoms with Crippen LogP contribution in [0, 0.1) is 0 Å². The van der Waals surface area contributed by atoms with Gasteiger partial charge < -0.3 is 20.7 Å². The largest absolute Gasteiger partial charge is 0.494 e. The highest BCUT2D eigenvalue weighted by atomic mass is 16.5. The van der Waals surface area contributed by atoms with Crippen LogP contribution < -0.4 is 20.7 Å². The minimum atomic E-state index is -0.142. The average molecular weight is 410 g/mol. The van der Waals surface area contributed by atoms with Crippen molar-refractivity contribution in [2.24, 2.45) is 0 Å². The molecule has 3 N–H and O–H groups in total. The molecule has 2 amide bonds. The summed E-state index contributed by atoms with van der Waals surface area (Å²) >= 11 is 0. The third-order valence-corrected chi connectivity index (χ3v) is 5.15. The smallest absolute Gasteiger partial charge is 0.251 e. The summed E-state index contributed by atoms with van der Waals surface area (Å²) < 4.78 is 5.54. The molecule has 0 radical (unpaired) electrons. The second kappa shape index (κ2) is 11.2. The lowest BCUT2D eigenvalue weighted by atomic mass is 9.95. The fourth-order valence-corrected chi connectivity index (χ4v) is 3.50. The third kappa shape index (κ3) is 6.79. The molecule has 160 valence electrons. The molecule has 1 fully saturated rings. The number of carbonyl (C=O) groups excluding carboxylic acids is 2. The monoisotopic (exact) mass is 409 g/mol. The maximum atomic E-state index is 12.4. The fraction of sp³-hybridized carbons (Fsp3) is 0.417. The van der Waals surface area contributed by atoms with Crippen molar-refractivity contribution in [2.45, 2.75) is 51.5 Å². The molecule has 1 aliphatic carbocycles. The predicted octanol–water partition coefficient (Wildman–Crippen LogP) is 4.59. The van der Waals surface area contributed by atoms with Crippen molar-refractivity contribution >= 4 is 23.2 Å². The molecule has 30 heavy (non-hydrogen) atoms. The van der Waals surface area contributed by atoms with Crippen molar-refractivity contribution in [1.82, 2.24) is 5.32 Å². The Morgan fingerprint density at radius 1 is 0.933 bits per heavy atom. The van der Waals surface area contributed by atoms with Gasteiger partial charge in [-0.1, -0.05) is 26.2 Å². The molecule has 1 aliphatic rings. The molecule has 6 nitrogen and oxygen atoms in total. The molecule has 0 aliphatic heterocycles. The Morgan fingerprint density at radius 3 is 2.27 bits per heavy atom. The number of hydrogen-bond donors (Lipinski definition) is 3. The highest BCUT2D eigenvalue weighted by Gasteiger charge is 2.16. The van der Waals surface area contributed by atoms with Gasteiger partial charge in [-0.15, -0.1) is 0 Å². The van der Waals surface area contributed by atoms with E-state index >= 15 is 0 Å². The summed E-state index contributed by atoms with van der Waals surface area (Å²) in [6.45, 7) is 2.87. The summed E-state index contributed by atoms with van der Waals surface area (Å²) in [7, 11) is 0. The summed E-state index contributed by atoms with van der Waals surface area (Å²) in [6, 6.07) is 14.8. The van der Waals surface area contributed by atoms with Crippen LogP contribution in [-0.4, -0.2) is 31.0 Å². The van der Waals surface area contributed by atoms with E-state index in [1.54, 1.807) is 12.1 Å². The van der Waals surface area contributed by atoms with E-state index in [0.29, 0.717) is 18.2 Å². The molecule has 3 rings (SSSR count). The van der Waals surface area contributed by atoms with Crippen molar-refractivity contribution in [1.29, 1.82) is 0 Å². The van der Waals surface area contributed by atoms with Crippen LogP contribution in [0.15, 0.2) is 48.5 Å². The highest BCUT2D eigenvalue weighted by molar-refractivity contribution is 5.95. The Hall–Kier alpha value is -3.02. The summed E-state index contributed by atoms with van der Waals surface area (Å²) in [4.78, 5) is 24.5. The first-order valence-electron chi connectivity index (χ1n) is 10.8.